The van der Waals surface area contributed by atoms with Crippen molar-refractivity contribution in [1.29, 1.82) is 0 Å². The van der Waals surface area contributed by atoms with Crippen molar-refractivity contribution in [2.75, 3.05) is 5.43 Å². The lowest BCUT2D eigenvalue weighted by Crippen LogP contribution is -2.01. The van der Waals surface area contributed by atoms with E-state index < -0.39 is 0 Å². The van der Waals surface area contributed by atoms with Gasteiger partial charge in [-0.05, 0) is 25.5 Å². The molecule has 1 N–H and O–H groups in total. The van der Waals surface area contributed by atoms with E-state index in [2.05, 4.69) is 45.8 Å². The van der Waals surface area contributed by atoms with Gasteiger partial charge in [-0.3, -0.25) is 9.83 Å². The van der Waals surface area contributed by atoms with Crippen molar-refractivity contribution in [1.82, 2.24) is 14.6 Å². The number of rotatable bonds is 3. The van der Waals surface area contributed by atoms with Gasteiger partial charge in [0.1, 0.15) is 6.33 Å². The number of fused-ring (bicyclic) bond motifs is 3. The van der Waals surface area contributed by atoms with Crippen molar-refractivity contribution in [3.63, 3.8) is 0 Å². The maximum atomic E-state index is 4.28. The summed E-state index contributed by atoms with van der Waals surface area (Å²) in [4.78, 5) is 0. The monoisotopic (exact) mass is 253 g/mol. The van der Waals surface area contributed by atoms with Crippen molar-refractivity contribution in [3.8, 4) is 0 Å². The van der Waals surface area contributed by atoms with Crippen LogP contribution in [0.3, 0.4) is 0 Å². The Morgan fingerprint density at radius 2 is 2.16 bits per heavy atom. The Labute approximate surface area is 111 Å². The van der Waals surface area contributed by atoms with Crippen LogP contribution in [0.1, 0.15) is 20.3 Å². The van der Waals surface area contributed by atoms with E-state index in [-0.39, 0.29) is 0 Å². The molecule has 0 atom stereocenters. The lowest BCUT2D eigenvalue weighted by atomic mass is 10.2. The molecule has 96 valence electrons. The van der Waals surface area contributed by atoms with Gasteiger partial charge >= 0.3 is 0 Å². The highest BCUT2D eigenvalue weighted by Gasteiger charge is 2.07. The molecule has 0 aliphatic rings. The molecule has 5 heteroatoms. The van der Waals surface area contributed by atoms with Crippen LogP contribution >= 0.6 is 0 Å². The van der Waals surface area contributed by atoms with Crippen LogP contribution in [0.15, 0.2) is 41.8 Å². The lowest BCUT2D eigenvalue weighted by Gasteiger charge is -2.03. The Kier molecular flexibility index (Phi) is 2.87. The van der Waals surface area contributed by atoms with E-state index in [1.54, 1.807) is 6.33 Å². The van der Waals surface area contributed by atoms with Crippen LogP contribution in [-0.2, 0) is 0 Å². The predicted molar refractivity (Wildman–Crippen MR) is 77.5 cm³/mol. The van der Waals surface area contributed by atoms with Crippen LogP contribution in [0.4, 0.5) is 5.82 Å². The molecule has 0 aliphatic heterocycles. The van der Waals surface area contributed by atoms with Gasteiger partial charge < -0.3 is 0 Å². The number of para-hydroxylation sites is 1. The quantitative estimate of drug-likeness (QED) is 0.576. The third-order valence-electron chi connectivity index (χ3n) is 3.18. The molecule has 2 heterocycles. The first-order valence-electron chi connectivity index (χ1n) is 6.30. The van der Waals surface area contributed by atoms with Gasteiger partial charge in [-0.25, -0.2) is 0 Å². The van der Waals surface area contributed by atoms with E-state index in [4.69, 9.17) is 0 Å². The molecule has 2 aromatic heterocycles. The molecule has 0 spiro atoms. The molecule has 19 heavy (non-hydrogen) atoms. The predicted octanol–water partition coefficient (Wildman–Crippen LogP) is 3.08. The first-order valence-corrected chi connectivity index (χ1v) is 6.30. The Morgan fingerprint density at radius 1 is 1.32 bits per heavy atom. The first-order chi connectivity index (χ1) is 9.29. The summed E-state index contributed by atoms with van der Waals surface area (Å²) in [6, 6.07) is 10.3. The lowest BCUT2D eigenvalue weighted by molar-refractivity contribution is 0.958. The topological polar surface area (TPSA) is 54.6 Å². The third kappa shape index (κ3) is 2.03. The largest absolute Gasteiger partial charge is 0.295 e. The van der Waals surface area contributed by atoms with E-state index >= 15 is 0 Å². The standard InChI is InChI=1S/C14H15N5/c1-3-10(2)16-18-14-13-8-11-6-4-5-7-12(11)19(13)9-15-17-14/h4-9H,3H2,1-2H3,(H,17,18). The van der Waals surface area contributed by atoms with E-state index in [0.717, 1.165) is 28.6 Å². The van der Waals surface area contributed by atoms with Crippen molar-refractivity contribution < 1.29 is 0 Å². The number of hydrogen-bond acceptors (Lipinski definition) is 4. The molecule has 0 radical (unpaired) electrons. The fourth-order valence-electron chi connectivity index (χ4n) is 1.98. The number of nitrogens with zero attached hydrogens (tertiary/aromatic N) is 4. The van der Waals surface area contributed by atoms with Gasteiger partial charge in [0, 0.05) is 11.1 Å². The fraction of sp³-hybridized carbons (Fsp3) is 0.214. The summed E-state index contributed by atoms with van der Waals surface area (Å²) >= 11 is 0. The van der Waals surface area contributed by atoms with Gasteiger partial charge in [0.25, 0.3) is 0 Å². The zero-order chi connectivity index (χ0) is 13.2. The Balaban J connectivity index is 2.15. The molecule has 0 unspecified atom stereocenters. The number of hydrogen-bond donors (Lipinski definition) is 1. The zero-order valence-electron chi connectivity index (χ0n) is 11.0. The maximum Gasteiger partial charge on any atom is 0.193 e. The van der Waals surface area contributed by atoms with Crippen LogP contribution in [0.25, 0.3) is 16.4 Å². The van der Waals surface area contributed by atoms with Gasteiger partial charge in [-0.15, -0.1) is 10.2 Å². The Bertz CT molecular complexity index is 757. The second-order valence-corrected chi connectivity index (χ2v) is 4.45. The van der Waals surface area contributed by atoms with Crippen LogP contribution in [0.2, 0.25) is 0 Å². The third-order valence-corrected chi connectivity index (χ3v) is 3.18. The first kappa shape index (κ1) is 11.6. The van der Waals surface area contributed by atoms with Crippen molar-refractivity contribution in [2.24, 2.45) is 5.10 Å². The molecule has 3 aromatic rings. The van der Waals surface area contributed by atoms with Crippen molar-refractivity contribution >= 4 is 27.9 Å². The Morgan fingerprint density at radius 3 is 3.00 bits per heavy atom. The SMILES string of the molecule is CCC(C)=NNc1nncn2c1cc1ccccc12. The normalized spacial score (nSPS) is 12.2. The molecule has 3 rings (SSSR count). The smallest absolute Gasteiger partial charge is 0.193 e. The molecule has 0 saturated heterocycles. The molecular formula is C14H15N5. The van der Waals surface area contributed by atoms with Gasteiger partial charge in [-0.1, -0.05) is 25.1 Å². The molecular weight excluding hydrogens is 238 g/mol. The second-order valence-electron chi connectivity index (χ2n) is 4.45. The van der Waals surface area contributed by atoms with E-state index in [1.165, 1.54) is 0 Å². The van der Waals surface area contributed by atoms with Gasteiger partial charge in [-0.2, -0.15) is 5.10 Å². The molecule has 0 saturated carbocycles. The number of aromatic nitrogens is 3. The van der Waals surface area contributed by atoms with Crippen LogP contribution in [-0.4, -0.2) is 20.3 Å². The molecule has 5 nitrogen and oxygen atoms in total. The van der Waals surface area contributed by atoms with Crippen LogP contribution < -0.4 is 5.43 Å². The van der Waals surface area contributed by atoms with Crippen molar-refractivity contribution in [2.45, 2.75) is 20.3 Å². The molecule has 1 aromatic carbocycles. The van der Waals surface area contributed by atoms with Crippen molar-refractivity contribution in [3.05, 3.63) is 36.7 Å². The van der Waals surface area contributed by atoms with E-state index in [0.29, 0.717) is 5.82 Å². The van der Waals surface area contributed by atoms with Gasteiger partial charge in [0.2, 0.25) is 0 Å². The number of anilines is 1. The summed E-state index contributed by atoms with van der Waals surface area (Å²) in [5.74, 6) is 0.673. The summed E-state index contributed by atoms with van der Waals surface area (Å²) in [7, 11) is 0. The zero-order valence-corrected chi connectivity index (χ0v) is 11.0. The average Bonchev–Trinajstić information content (AvgIpc) is 2.84. The highest BCUT2D eigenvalue weighted by Crippen LogP contribution is 2.23. The maximum absolute atomic E-state index is 4.28. The van der Waals surface area contributed by atoms with Gasteiger partial charge in [0.05, 0.1) is 11.0 Å². The summed E-state index contributed by atoms with van der Waals surface area (Å²) < 4.78 is 2.02. The Hall–Kier alpha value is -2.43. The van der Waals surface area contributed by atoms with E-state index in [9.17, 15) is 0 Å². The number of benzene rings is 1. The summed E-state index contributed by atoms with van der Waals surface area (Å²) in [5.41, 5.74) is 6.11. The fourth-order valence-corrected chi connectivity index (χ4v) is 1.98. The molecule has 0 aliphatic carbocycles. The average molecular weight is 253 g/mol. The second kappa shape index (κ2) is 4.68. The number of hydrazone groups is 1. The summed E-state index contributed by atoms with van der Waals surface area (Å²) in [5, 5.41) is 13.6. The highest BCUT2D eigenvalue weighted by atomic mass is 15.4. The summed E-state index contributed by atoms with van der Waals surface area (Å²) in [6.45, 7) is 4.05. The molecule has 0 amide bonds. The minimum Gasteiger partial charge on any atom is -0.295 e. The molecule has 0 bridgehead atoms. The van der Waals surface area contributed by atoms with Gasteiger partial charge in [0.15, 0.2) is 5.82 Å². The van der Waals surface area contributed by atoms with Crippen LogP contribution in [0.5, 0.6) is 0 Å². The number of nitrogens with one attached hydrogen (secondary N) is 1. The minimum absolute atomic E-state index is 0.673. The van der Waals surface area contributed by atoms with E-state index in [1.807, 2.05) is 23.5 Å². The highest BCUT2D eigenvalue weighted by molar-refractivity contribution is 5.91. The van der Waals surface area contributed by atoms with Crippen LogP contribution in [0, 0.1) is 0 Å². The summed E-state index contributed by atoms with van der Waals surface area (Å²) in [6.07, 6.45) is 2.63. The minimum atomic E-state index is 0.673. The molecule has 0 fully saturated rings.